The number of nitrogen functional groups attached to an aromatic ring is 1. The van der Waals surface area contributed by atoms with Crippen LogP contribution in [0.2, 0.25) is 0 Å². The number of hydrogen-bond acceptors (Lipinski definition) is 6. The number of amides is 1. The largest absolute Gasteiger partial charge is 0.482 e. The van der Waals surface area contributed by atoms with Crippen LogP contribution in [0.25, 0.3) is 0 Å². The van der Waals surface area contributed by atoms with Crippen molar-refractivity contribution in [2.24, 2.45) is 0 Å². The minimum atomic E-state index is -0.482. The molecule has 3 N–H and O–H groups in total. The van der Waals surface area contributed by atoms with Gasteiger partial charge in [-0.2, -0.15) is 0 Å². The molecule has 0 unspecified atom stereocenters. The molecule has 2 aromatic rings. The summed E-state index contributed by atoms with van der Waals surface area (Å²) in [5, 5.41) is 2.74. The van der Waals surface area contributed by atoms with Crippen molar-refractivity contribution < 1.29 is 19.0 Å². The summed E-state index contributed by atoms with van der Waals surface area (Å²) in [5.41, 5.74) is 0.450. The lowest BCUT2D eigenvalue weighted by molar-refractivity contribution is -0.106. The molecule has 0 aliphatic rings. The van der Waals surface area contributed by atoms with Crippen molar-refractivity contribution in [3.05, 3.63) is 64.1 Å². The lowest BCUT2D eigenvalue weighted by atomic mass is 10.2. The Kier molecular flexibility index (Phi) is 7.84. The van der Waals surface area contributed by atoms with Gasteiger partial charge in [-0.05, 0) is 12.0 Å². The van der Waals surface area contributed by atoms with Crippen molar-refractivity contribution >= 4 is 5.91 Å². The lowest BCUT2D eigenvalue weighted by Crippen LogP contribution is -2.33. The van der Waals surface area contributed by atoms with Gasteiger partial charge in [0.25, 0.3) is 5.91 Å². The van der Waals surface area contributed by atoms with Gasteiger partial charge in [0, 0.05) is 39.4 Å². The standard InChI is InChI=1S/C19H25N3O5/c1-25-16(26-2)9-6-11-21-19(24)17-18(15(23)10-12-22(17)20)27-13-14-7-4-3-5-8-14/h3-5,7-8,10,12,16H,6,9,11,13,20H2,1-2H3,(H,21,24). The van der Waals surface area contributed by atoms with Crippen molar-refractivity contribution in [3.63, 3.8) is 0 Å². The molecule has 0 bridgehead atoms. The van der Waals surface area contributed by atoms with E-state index in [2.05, 4.69) is 5.32 Å². The molecule has 1 heterocycles. The minimum absolute atomic E-state index is 0.0199. The normalized spacial score (nSPS) is 10.8. The molecule has 0 aliphatic heterocycles. The van der Waals surface area contributed by atoms with E-state index < -0.39 is 11.3 Å². The van der Waals surface area contributed by atoms with E-state index in [4.69, 9.17) is 20.1 Å². The maximum absolute atomic E-state index is 12.5. The van der Waals surface area contributed by atoms with Gasteiger partial charge in [0.1, 0.15) is 6.61 Å². The number of methoxy groups -OCH3 is 2. The van der Waals surface area contributed by atoms with Crippen LogP contribution in [-0.4, -0.2) is 37.6 Å². The van der Waals surface area contributed by atoms with Gasteiger partial charge in [0.05, 0.1) is 0 Å². The fourth-order valence-electron chi connectivity index (χ4n) is 2.51. The summed E-state index contributed by atoms with van der Waals surface area (Å²) >= 11 is 0. The summed E-state index contributed by atoms with van der Waals surface area (Å²) in [5.74, 6) is 5.29. The number of benzene rings is 1. The number of nitrogens with two attached hydrogens (primary N) is 1. The zero-order valence-corrected chi connectivity index (χ0v) is 15.5. The number of ether oxygens (including phenoxy) is 3. The van der Waals surface area contributed by atoms with E-state index >= 15 is 0 Å². The average Bonchev–Trinajstić information content (AvgIpc) is 2.69. The second-order valence-corrected chi connectivity index (χ2v) is 5.84. The zero-order valence-electron chi connectivity index (χ0n) is 15.5. The number of nitrogens with zero attached hydrogens (tertiary/aromatic N) is 1. The van der Waals surface area contributed by atoms with Crippen molar-refractivity contribution in [2.45, 2.75) is 25.7 Å². The van der Waals surface area contributed by atoms with Crippen molar-refractivity contribution in [2.75, 3.05) is 26.6 Å². The quantitative estimate of drug-likeness (QED) is 0.368. The van der Waals surface area contributed by atoms with Crippen molar-refractivity contribution in [1.82, 2.24) is 9.99 Å². The van der Waals surface area contributed by atoms with Gasteiger partial charge in [-0.3, -0.25) is 14.3 Å². The highest BCUT2D eigenvalue weighted by molar-refractivity contribution is 5.95. The van der Waals surface area contributed by atoms with Crippen LogP contribution in [-0.2, 0) is 16.1 Å². The van der Waals surface area contributed by atoms with E-state index in [1.165, 1.54) is 12.3 Å². The third-order valence-corrected chi connectivity index (χ3v) is 3.95. The van der Waals surface area contributed by atoms with Crippen molar-refractivity contribution in [3.8, 4) is 5.75 Å². The second kappa shape index (κ2) is 10.3. The van der Waals surface area contributed by atoms with Crippen molar-refractivity contribution in [1.29, 1.82) is 0 Å². The molecule has 146 valence electrons. The zero-order chi connectivity index (χ0) is 19.6. The van der Waals surface area contributed by atoms with E-state index in [9.17, 15) is 9.59 Å². The Morgan fingerprint density at radius 3 is 2.56 bits per heavy atom. The third-order valence-electron chi connectivity index (χ3n) is 3.95. The molecule has 0 saturated carbocycles. The molecular weight excluding hydrogens is 350 g/mol. The second-order valence-electron chi connectivity index (χ2n) is 5.84. The Hall–Kier alpha value is -2.84. The predicted molar refractivity (Wildman–Crippen MR) is 101 cm³/mol. The number of pyridine rings is 1. The van der Waals surface area contributed by atoms with Crippen LogP contribution in [0.15, 0.2) is 47.4 Å². The molecule has 0 saturated heterocycles. The number of aromatic nitrogens is 1. The maximum Gasteiger partial charge on any atom is 0.273 e. The van der Waals surface area contributed by atoms with Gasteiger partial charge in [-0.15, -0.1) is 0 Å². The van der Waals surface area contributed by atoms with Crippen LogP contribution in [0.1, 0.15) is 28.9 Å². The summed E-state index contributed by atoms with van der Waals surface area (Å²) in [6.07, 6.45) is 2.27. The molecule has 27 heavy (non-hydrogen) atoms. The van der Waals surface area contributed by atoms with Gasteiger partial charge in [0.15, 0.2) is 17.7 Å². The van der Waals surface area contributed by atoms with E-state index in [0.29, 0.717) is 19.4 Å². The summed E-state index contributed by atoms with van der Waals surface area (Å²) < 4.78 is 16.9. The van der Waals surface area contributed by atoms with Gasteiger partial charge < -0.3 is 25.4 Å². The summed E-state index contributed by atoms with van der Waals surface area (Å²) in [4.78, 5) is 24.7. The van der Waals surface area contributed by atoms with Crippen LogP contribution >= 0.6 is 0 Å². The van der Waals surface area contributed by atoms with Crippen LogP contribution in [0.3, 0.4) is 0 Å². The Morgan fingerprint density at radius 2 is 1.89 bits per heavy atom. The molecule has 0 radical (unpaired) electrons. The molecule has 8 heteroatoms. The smallest absolute Gasteiger partial charge is 0.273 e. The first-order valence-corrected chi connectivity index (χ1v) is 8.58. The van der Waals surface area contributed by atoms with Crippen LogP contribution < -0.4 is 21.3 Å². The predicted octanol–water partition coefficient (Wildman–Crippen LogP) is 1.27. The highest BCUT2D eigenvalue weighted by Crippen LogP contribution is 2.14. The number of carbonyl (C=O) groups excluding carboxylic acids is 1. The van der Waals surface area contributed by atoms with E-state index in [0.717, 1.165) is 10.2 Å². The van der Waals surface area contributed by atoms with E-state index in [1.54, 1.807) is 14.2 Å². The van der Waals surface area contributed by atoms with Crippen LogP contribution in [0.5, 0.6) is 5.75 Å². The van der Waals surface area contributed by atoms with Crippen LogP contribution in [0, 0.1) is 0 Å². The third kappa shape index (κ3) is 5.83. The molecule has 8 nitrogen and oxygen atoms in total. The van der Waals surface area contributed by atoms with Crippen LogP contribution in [0.4, 0.5) is 0 Å². The lowest BCUT2D eigenvalue weighted by Gasteiger charge is -2.15. The van der Waals surface area contributed by atoms with Gasteiger partial charge >= 0.3 is 0 Å². The minimum Gasteiger partial charge on any atom is -0.482 e. The van der Waals surface area contributed by atoms with Gasteiger partial charge in [0.2, 0.25) is 5.43 Å². The topological polar surface area (TPSA) is 105 Å². The van der Waals surface area contributed by atoms with E-state index in [-0.39, 0.29) is 24.3 Å². The Morgan fingerprint density at radius 1 is 1.19 bits per heavy atom. The summed E-state index contributed by atoms with van der Waals surface area (Å²) in [6.45, 7) is 0.535. The number of hydrogen-bond donors (Lipinski definition) is 2. The summed E-state index contributed by atoms with van der Waals surface area (Å²) in [7, 11) is 3.11. The molecule has 0 aliphatic carbocycles. The average molecular weight is 375 g/mol. The number of carbonyl (C=O) groups is 1. The first-order chi connectivity index (χ1) is 13.1. The molecule has 0 atom stereocenters. The Balaban J connectivity index is 2.05. The first kappa shape index (κ1) is 20.5. The Bertz CT molecular complexity index is 788. The molecule has 1 amide bonds. The van der Waals surface area contributed by atoms with Gasteiger partial charge in [-0.1, -0.05) is 30.3 Å². The van der Waals surface area contributed by atoms with E-state index in [1.807, 2.05) is 30.3 Å². The molecule has 1 aromatic carbocycles. The fraction of sp³-hybridized carbons (Fsp3) is 0.368. The maximum atomic E-state index is 12.5. The number of rotatable bonds is 10. The van der Waals surface area contributed by atoms with Gasteiger partial charge in [-0.25, -0.2) is 0 Å². The molecular formula is C19H25N3O5. The Labute approximate surface area is 157 Å². The monoisotopic (exact) mass is 375 g/mol. The highest BCUT2D eigenvalue weighted by Gasteiger charge is 2.19. The molecule has 0 fully saturated rings. The molecule has 2 rings (SSSR count). The summed E-state index contributed by atoms with van der Waals surface area (Å²) in [6, 6.07) is 10.6. The highest BCUT2D eigenvalue weighted by atomic mass is 16.7. The molecule has 1 aromatic heterocycles. The molecule has 0 spiro atoms. The first-order valence-electron chi connectivity index (χ1n) is 8.58. The number of nitrogens with one attached hydrogen (secondary N) is 1. The SMILES string of the molecule is COC(CCCNC(=O)c1c(OCc2ccccc2)c(=O)ccn1N)OC. The fourth-order valence-corrected chi connectivity index (χ4v) is 2.51.